The lowest BCUT2D eigenvalue weighted by Gasteiger charge is -2.24. The van der Waals surface area contributed by atoms with Gasteiger partial charge in [-0.25, -0.2) is 0 Å². The SMILES string of the molecule is Cc1cccc(N(CCOS(C)(=O)=O)CCOS(C)(=O)=O)c1. The summed E-state index contributed by atoms with van der Waals surface area (Å²) in [5, 5.41) is 0. The van der Waals surface area contributed by atoms with Gasteiger partial charge in [0.25, 0.3) is 20.2 Å². The molecule has 0 N–H and O–H groups in total. The fourth-order valence-electron chi connectivity index (χ4n) is 1.79. The molecule has 126 valence electrons. The van der Waals surface area contributed by atoms with Crippen molar-refractivity contribution in [3.63, 3.8) is 0 Å². The van der Waals surface area contributed by atoms with Crippen LogP contribution in [0.15, 0.2) is 24.3 Å². The van der Waals surface area contributed by atoms with Gasteiger partial charge in [-0.1, -0.05) is 12.1 Å². The van der Waals surface area contributed by atoms with Crippen LogP contribution in [0.3, 0.4) is 0 Å². The second kappa shape index (κ2) is 7.91. The fourth-order valence-corrected chi connectivity index (χ4v) is 2.55. The van der Waals surface area contributed by atoms with Crippen molar-refractivity contribution in [1.82, 2.24) is 0 Å². The highest BCUT2D eigenvalue weighted by molar-refractivity contribution is 7.86. The third-order valence-corrected chi connectivity index (χ3v) is 3.87. The lowest BCUT2D eigenvalue weighted by molar-refractivity contribution is 0.309. The zero-order valence-electron chi connectivity index (χ0n) is 12.9. The Morgan fingerprint density at radius 1 is 0.955 bits per heavy atom. The van der Waals surface area contributed by atoms with Gasteiger partial charge in [-0.2, -0.15) is 16.8 Å². The first-order chi connectivity index (χ1) is 10.1. The molecule has 7 nitrogen and oxygen atoms in total. The van der Waals surface area contributed by atoms with Crippen LogP contribution in [0.4, 0.5) is 5.69 Å². The predicted molar refractivity (Wildman–Crippen MR) is 85.0 cm³/mol. The van der Waals surface area contributed by atoms with E-state index in [1.165, 1.54) is 0 Å². The molecule has 0 unspecified atom stereocenters. The molecule has 9 heteroatoms. The van der Waals surface area contributed by atoms with E-state index in [1.54, 1.807) is 0 Å². The summed E-state index contributed by atoms with van der Waals surface area (Å²) >= 11 is 0. The Bertz CT molecular complexity index is 646. The Kier molecular flexibility index (Phi) is 6.79. The van der Waals surface area contributed by atoms with Gasteiger partial charge in [0.05, 0.1) is 25.7 Å². The number of aryl methyl sites for hydroxylation is 1. The van der Waals surface area contributed by atoms with Crippen LogP contribution in [-0.4, -0.2) is 55.7 Å². The molecule has 0 bridgehead atoms. The minimum absolute atomic E-state index is 0.0222. The molecule has 0 saturated heterocycles. The Morgan fingerprint density at radius 2 is 1.45 bits per heavy atom. The third kappa shape index (κ3) is 8.32. The summed E-state index contributed by atoms with van der Waals surface area (Å²) < 4.78 is 53.5. The maximum absolute atomic E-state index is 11.0. The van der Waals surface area contributed by atoms with E-state index in [0.29, 0.717) is 13.1 Å². The average Bonchev–Trinajstić information content (AvgIpc) is 2.34. The molecule has 1 rings (SSSR count). The standard InChI is InChI=1S/C13H21NO6S2/c1-12-5-4-6-13(11-12)14(7-9-19-21(2,15)16)8-10-20-22(3,17)18/h4-6,11H,7-10H2,1-3H3. The third-order valence-electron chi connectivity index (χ3n) is 2.68. The highest BCUT2D eigenvalue weighted by atomic mass is 32.2. The van der Waals surface area contributed by atoms with Gasteiger partial charge >= 0.3 is 0 Å². The first-order valence-corrected chi connectivity index (χ1v) is 10.2. The topological polar surface area (TPSA) is 90.0 Å². The monoisotopic (exact) mass is 351 g/mol. The Labute approximate surface area is 132 Å². The van der Waals surface area contributed by atoms with E-state index >= 15 is 0 Å². The van der Waals surface area contributed by atoms with Crippen molar-refractivity contribution in [3.05, 3.63) is 29.8 Å². The van der Waals surface area contributed by atoms with Crippen molar-refractivity contribution in [3.8, 4) is 0 Å². The lowest BCUT2D eigenvalue weighted by Crippen LogP contribution is -2.32. The van der Waals surface area contributed by atoms with Crippen LogP contribution < -0.4 is 4.90 Å². The molecule has 1 aromatic rings. The van der Waals surface area contributed by atoms with E-state index in [4.69, 9.17) is 8.37 Å². The van der Waals surface area contributed by atoms with Crippen LogP contribution in [-0.2, 0) is 28.6 Å². The zero-order valence-corrected chi connectivity index (χ0v) is 14.5. The highest BCUT2D eigenvalue weighted by Gasteiger charge is 2.11. The van der Waals surface area contributed by atoms with E-state index in [-0.39, 0.29) is 13.2 Å². The van der Waals surface area contributed by atoms with Gasteiger partial charge in [-0.05, 0) is 24.6 Å². The van der Waals surface area contributed by atoms with Crippen molar-refractivity contribution >= 4 is 25.9 Å². The molecule has 0 amide bonds. The summed E-state index contributed by atoms with van der Waals surface area (Å²) in [5.41, 5.74) is 1.88. The Balaban J connectivity index is 2.72. The van der Waals surface area contributed by atoms with E-state index in [2.05, 4.69) is 0 Å². The lowest BCUT2D eigenvalue weighted by atomic mass is 10.2. The predicted octanol–water partition coefficient (Wildman–Crippen LogP) is 0.754. The van der Waals surface area contributed by atoms with Crippen molar-refractivity contribution in [2.75, 3.05) is 43.7 Å². The van der Waals surface area contributed by atoms with Crippen molar-refractivity contribution in [2.45, 2.75) is 6.92 Å². The molecular weight excluding hydrogens is 330 g/mol. The van der Waals surface area contributed by atoms with Crippen molar-refractivity contribution < 1.29 is 25.2 Å². The van der Waals surface area contributed by atoms with Crippen LogP contribution in [0.25, 0.3) is 0 Å². The molecule has 0 fully saturated rings. The van der Waals surface area contributed by atoms with Gasteiger partial charge in [0.1, 0.15) is 0 Å². The van der Waals surface area contributed by atoms with E-state index in [0.717, 1.165) is 23.8 Å². The molecule has 0 aliphatic heterocycles. The fraction of sp³-hybridized carbons (Fsp3) is 0.538. The molecule has 22 heavy (non-hydrogen) atoms. The van der Waals surface area contributed by atoms with Crippen molar-refractivity contribution in [2.24, 2.45) is 0 Å². The van der Waals surface area contributed by atoms with Gasteiger partial charge in [0.2, 0.25) is 0 Å². The maximum atomic E-state index is 11.0. The van der Waals surface area contributed by atoms with Crippen LogP contribution in [0.5, 0.6) is 0 Å². The molecule has 0 saturated carbocycles. The number of rotatable bonds is 9. The van der Waals surface area contributed by atoms with Gasteiger partial charge in [0.15, 0.2) is 0 Å². The largest absolute Gasteiger partial charge is 0.367 e. The summed E-state index contributed by atoms with van der Waals surface area (Å²) in [6.45, 7) is 2.48. The molecule has 0 radical (unpaired) electrons. The second-order valence-electron chi connectivity index (χ2n) is 4.88. The van der Waals surface area contributed by atoms with Crippen LogP contribution in [0.1, 0.15) is 5.56 Å². The smallest absolute Gasteiger partial charge is 0.264 e. The summed E-state index contributed by atoms with van der Waals surface area (Å²) in [6.07, 6.45) is 1.97. The number of nitrogens with zero attached hydrogens (tertiary/aromatic N) is 1. The van der Waals surface area contributed by atoms with Gasteiger partial charge in [0, 0.05) is 18.8 Å². The van der Waals surface area contributed by atoms with E-state index < -0.39 is 20.2 Å². The minimum atomic E-state index is -3.51. The van der Waals surface area contributed by atoms with Gasteiger partial charge in [-0.3, -0.25) is 8.37 Å². The Morgan fingerprint density at radius 3 is 1.86 bits per heavy atom. The first-order valence-electron chi connectivity index (χ1n) is 6.57. The molecule has 0 spiro atoms. The maximum Gasteiger partial charge on any atom is 0.264 e. The normalized spacial score (nSPS) is 12.3. The average molecular weight is 351 g/mol. The summed E-state index contributed by atoms with van der Waals surface area (Å²) in [6, 6.07) is 7.57. The molecule has 0 aliphatic carbocycles. The van der Waals surface area contributed by atoms with E-state index in [1.807, 2.05) is 36.1 Å². The minimum Gasteiger partial charge on any atom is -0.367 e. The first kappa shape index (κ1) is 18.9. The molecular formula is C13H21NO6S2. The number of hydrogen-bond acceptors (Lipinski definition) is 7. The van der Waals surface area contributed by atoms with Crippen LogP contribution in [0.2, 0.25) is 0 Å². The molecule has 0 atom stereocenters. The Hall–Kier alpha value is -1.16. The van der Waals surface area contributed by atoms with Gasteiger partial charge in [-0.15, -0.1) is 0 Å². The number of anilines is 1. The second-order valence-corrected chi connectivity index (χ2v) is 8.17. The summed E-state index contributed by atoms with van der Waals surface area (Å²) in [5.74, 6) is 0. The van der Waals surface area contributed by atoms with Gasteiger partial charge < -0.3 is 4.90 Å². The molecule has 0 heterocycles. The van der Waals surface area contributed by atoms with Crippen LogP contribution >= 0.6 is 0 Å². The van der Waals surface area contributed by atoms with E-state index in [9.17, 15) is 16.8 Å². The highest BCUT2D eigenvalue weighted by Crippen LogP contribution is 2.15. The summed E-state index contributed by atoms with van der Waals surface area (Å²) in [4.78, 5) is 1.81. The quantitative estimate of drug-likeness (QED) is 0.607. The molecule has 1 aromatic carbocycles. The number of benzene rings is 1. The van der Waals surface area contributed by atoms with Crippen LogP contribution in [0, 0.1) is 6.92 Å². The zero-order chi connectivity index (χ0) is 16.8. The summed E-state index contributed by atoms with van der Waals surface area (Å²) in [7, 11) is -7.02. The molecule has 0 aliphatic rings. The van der Waals surface area contributed by atoms with Crippen molar-refractivity contribution in [1.29, 1.82) is 0 Å². The number of hydrogen-bond donors (Lipinski definition) is 0. The molecule has 0 aromatic heterocycles.